The Bertz CT molecular complexity index is 826. The van der Waals surface area contributed by atoms with Crippen LogP contribution < -0.4 is 5.32 Å². The Morgan fingerprint density at radius 2 is 1.70 bits per heavy atom. The summed E-state index contributed by atoms with van der Waals surface area (Å²) < 4.78 is 26.6. The summed E-state index contributed by atoms with van der Waals surface area (Å²) in [6.45, 7) is 6.24. The highest BCUT2D eigenvalue weighted by molar-refractivity contribution is 5.85. The average molecular weight is 375 g/mol. The van der Waals surface area contributed by atoms with Crippen LogP contribution in [0, 0.1) is 11.6 Å². The molecule has 0 heterocycles. The molecule has 0 saturated carbocycles. The van der Waals surface area contributed by atoms with E-state index in [1.165, 1.54) is 6.07 Å². The van der Waals surface area contributed by atoms with Crippen LogP contribution in [0.2, 0.25) is 0 Å². The van der Waals surface area contributed by atoms with Crippen molar-refractivity contribution in [3.63, 3.8) is 0 Å². The van der Waals surface area contributed by atoms with Gasteiger partial charge in [0.1, 0.15) is 17.7 Å². The highest BCUT2D eigenvalue weighted by Crippen LogP contribution is 2.22. The standard InChI is InChI=1S/C21H23F2NO3/c1-21(2,3)15-7-4-13(5-8-15)10-18(20(26)27)24-19(25)11-14-6-9-16(22)12-17(14)23/h4-9,12,18H,10-11H2,1-3H3,(H,24,25)(H,26,27)/t18-/m1/s1. The number of amides is 1. The topological polar surface area (TPSA) is 66.4 Å². The predicted molar refractivity (Wildman–Crippen MR) is 98.5 cm³/mol. The molecule has 0 aliphatic heterocycles. The third kappa shape index (κ3) is 5.88. The molecule has 0 bridgehead atoms. The molecule has 2 aromatic carbocycles. The normalized spacial score (nSPS) is 12.5. The van der Waals surface area contributed by atoms with Gasteiger partial charge in [0.15, 0.2) is 0 Å². The van der Waals surface area contributed by atoms with E-state index >= 15 is 0 Å². The van der Waals surface area contributed by atoms with Crippen LogP contribution in [0.4, 0.5) is 8.78 Å². The second-order valence-corrected chi connectivity index (χ2v) is 7.52. The number of nitrogens with one attached hydrogen (secondary N) is 1. The maximum atomic E-state index is 13.7. The fourth-order valence-electron chi connectivity index (χ4n) is 2.66. The van der Waals surface area contributed by atoms with Gasteiger partial charge in [0.05, 0.1) is 6.42 Å². The minimum Gasteiger partial charge on any atom is -0.480 e. The van der Waals surface area contributed by atoms with Gasteiger partial charge < -0.3 is 10.4 Å². The number of benzene rings is 2. The van der Waals surface area contributed by atoms with E-state index in [-0.39, 0.29) is 23.8 Å². The van der Waals surface area contributed by atoms with E-state index in [0.717, 1.165) is 17.2 Å². The van der Waals surface area contributed by atoms with Gasteiger partial charge in [0.25, 0.3) is 0 Å². The van der Waals surface area contributed by atoms with Gasteiger partial charge in [-0.15, -0.1) is 0 Å². The predicted octanol–water partition coefficient (Wildman–Crippen LogP) is 3.62. The molecular weight excluding hydrogens is 352 g/mol. The van der Waals surface area contributed by atoms with E-state index in [0.29, 0.717) is 6.07 Å². The molecule has 144 valence electrons. The Morgan fingerprint density at radius 1 is 1.07 bits per heavy atom. The zero-order valence-corrected chi connectivity index (χ0v) is 15.6. The minimum atomic E-state index is -1.18. The number of aliphatic carboxylic acids is 1. The number of carboxylic acid groups (broad SMARTS) is 1. The van der Waals surface area contributed by atoms with Crippen molar-refractivity contribution >= 4 is 11.9 Å². The summed E-state index contributed by atoms with van der Waals surface area (Å²) in [5, 5.41) is 11.8. The third-order valence-electron chi connectivity index (χ3n) is 4.26. The molecule has 4 nitrogen and oxygen atoms in total. The van der Waals surface area contributed by atoms with E-state index in [2.05, 4.69) is 26.1 Å². The van der Waals surface area contributed by atoms with Gasteiger partial charge in [-0.05, 0) is 28.2 Å². The highest BCUT2D eigenvalue weighted by atomic mass is 19.1. The molecule has 2 N–H and O–H groups in total. The number of hydrogen-bond acceptors (Lipinski definition) is 2. The van der Waals surface area contributed by atoms with E-state index in [4.69, 9.17) is 0 Å². The maximum Gasteiger partial charge on any atom is 0.326 e. The van der Waals surface area contributed by atoms with Crippen molar-refractivity contribution in [2.24, 2.45) is 0 Å². The zero-order chi connectivity index (χ0) is 20.2. The summed E-state index contributed by atoms with van der Waals surface area (Å²) in [5.74, 6) is -3.39. The van der Waals surface area contributed by atoms with Crippen molar-refractivity contribution in [3.8, 4) is 0 Å². The first-order chi connectivity index (χ1) is 12.6. The van der Waals surface area contributed by atoms with Gasteiger partial charge in [-0.2, -0.15) is 0 Å². The molecule has 0 radical (unpaired) electrons. The van der Waals surface area contributed by atoms with Crippen LogP contribution in [-0.4, -0.2) is 23.0 Å². The van der Waals surface area contributed by atoms with Crippen LogP contribution in [0.3, 0.4) is 0 Å². The summed E-state index contributed by atoms with van der Waals surface area (Å²) in [4.78, 5) is 23.6. The lowest BCUT2D eigenvalue weighted by Gasteiger charge is -2.20. The van der Waals surface area contributed by atoms with Crippen LogP contribution in [0.5, 0.6) is 0 Å². The molecule has 0 fully saturated rings. The minimum absolute atomic E-state index is 0.00701. The first-order valence-electron chi connectivity index (χ1n) is 8.62. The molecule has 1 amide bonds. The summed E-state index contributed by atoms with van der Waals surface area (Å²) in [5.41, 5.74) is 1.88. The molecule has 0 aliphatic carbocycles. The van der Waals surface area contributed by atoms with Gasteiger partial charge in [0, 0.05) is 12.5 Å². The Labute approximate surface area is 157 Å². The molecule has 2 aromatic rings. The molecule has 0 aromatic heterocycles. The number of hydrogen-bond donors (Lipinski definition) is 2. The summed E-state index contributed by atoms with van der Waals surface area (Å²) in [7, 11) is 0. The van der Waals surface area contributed by atoms with Gasteiger partial charge >= 0.3 is 5.97 Å². The Kier molecular flexibility index (Phi) is 6.31. The second-order valence-electron chi connectivity index (χ2n) is 7.52. The van der Waals surface area contributed by atoms with Crippen LogP contribution in [0.25, 0.3) is 0 Å². The lowest BCUT2D eigenvalue weighted by atomic mass is 9.86. The second kappa shape index (κ2) is 8.29. The summed E-state index contributed by atoms with van der Waals surface area (Å²) in [6, 6.07) is 9.32. The number of carboxylic acids is 1. The fourth-order valence-corrected chi connectivity index (χ4v) is 2.66. The first-order valence-corrected chi connectivity index (χ1v) is 8.62. The Balaban J connectivity index is 2.04. The van der Waals surface area contributed by atoms with Crippen molar-refractivity contribution in [2.75, 3.05) is 0 Å². The zero-order valence-electron chi connectivity index (χ0n) is 15.6. The van der Waals surface area contributed by atoms with Crippen molar-refractivity contribution < 1.29 is 23.5 Å². The van der Waals surface area contributed by atoms with Gasteiger partial charge in [0.2, 0.25) is 5.91 Å². The molecular formula is C21H23F2NO3. The first kappa shape index (κ1) is 20.6. The van der Waals surface area contributed by atoms with Crippen LogP contribution >= 0.6 is 0 Å². The highest BCUT2D eigenvalue weighted by Gasteiger charge is 2.22. The van der Waals surface area contributed by atoms with Gasteiger partial charge in [-0.1, -0.05) is 51.1 Å². The molecule has 2 rings (SSSR count). The lowest BCUT2D eigenvalue weighted by molar-refractivity contribution is -0.141. The average Bonchev–Trinajstić information content (AvgIpc) is 2.56. The van der Waals surface area contributed by atoms with Crippen molar-refractivity contribution in [2.45, 2.75) is 45.1 Å². The lowest BCUT2D eigenvalue weighted by Crippen LogP contribution is -2.43. The quantitative estimate of drug-likeness (QED) is 0.810. The molecule has 1 atom stereocenters. The van der Waals surface area contributed by atoms with E-state index in [9.17, 15) is 23.5 Å². The molecule has 0 unspecified atom stereocenters. The Hall–Kier alpha value is -2.76. The van der Waals surface area contributed by atoms with E-state index in [1.54, 1.807) is 0 Å². The third-order valence-corrected chi connectivity index (χ3v) is 4.26. The van der Waals surface area contributed by atoms with Crippen molar-refractivity contribution in [1.29, 1.82) is 0 Å². The van der Waals surface area contributed by atoms with Crippen molar-refractivity contribution in [3.05, 3.63) is 70.8 Å². The number of halogens is 2. The largest absolute Gasteiger partial charge is 0.480 e. The van der Waals surface area contributed by atoms with E-state index in [1.807, 2.05) is 24.3 Å². The Morgan fingerprint density at radius 3 is 2.22 bits per heavy atom. The maximum absolute atomic E-state index is 13.7. The van der Waals surface area contributed by atoms with Crippen LogP contribution in [-0.2, 0) is 27.8 Å². The van der Waals surface area contributed by atoms with Crippen molar-refractivity contribution in [1.82, 2.24) is 5.32 Å². The molecule has 6 heteroatoms. The smallest absolute Gasteiger partial charge is 0.326 e. The number of carbonyl (C=O) groups excluding carboxylic acids is 1. The molecule has 0 saturated heterocycles. The van der Waals surface area contributed by atoms with Crippen LogP contribution in [0.1, 0.15) is 37.5 Å². The summed E-state index contributed by atoms with van der Waals surface area (Å²) in [6.07, 6.45) is -0.254. The number of rotatable bonds is 6. The monoisotopic (exact) mass is 375 g/mol. The molecule has 27 heavy (non-hydrogen) atoms. The molecule has 0 aliphatic rings. The van der Waals surface area contributed by atoms with Crippen LogP contribution in [0.15, 0.2) is 42.5 Å². The van der Waals surface area contributed by atoms with Gasteiger partial charge in [-0.25, -0.2) is 13.6 Å². The van der Waals surface area contributed by atoms with E-state index < -0.39 is 29.6 Å². The SMILES string of the molecule is CC(C)(C)c1ccc(C[C@@H](NC(=O)Cc2ccc(F)cc2F)C(=O)O)cc1. The van der Waals surface area contributed by atoms with Gasteiger partial charge in [-0.3, -0.25) is 4.79 Å². The molecule has 0 spiro atoms. The fraction of sp³-hybridized carbons (Fsp3) is 0.333. The summed E-state index contributed by atoms with van der Waals surface area (Å²) >= 11 is 0. The number of carbonyl (C=O) groups is 2.